The maximum atomic E-state index is 5.71. The van der Waals surface area contributed by atoms with Crippen molar-refractivity contribution in [1.82, 2.24) is 10.2 Å². The van der Waals surface area contributed by atoms with E-state index in [0.29, 0.717) is 19.8 Å². The summed E-state index contributed by atoms with van der Waals surface area (Å²) in [5, 5.41) is 3.30. The van der Waals surface area contributed by atoms with Gasteiger partial charge in [-0.1, -0.05) is 18.2 Å². The molecule has 1 aliphatic rings. The number of likely N-dealkylation sites (N-methyl/N-ethyl adjacent to an activating group) is 1. The van der Waals surface area contributed by atoms with E-state index < -0.39 is 0 Å². The minimum atomic E-state index is 0.280. The molecule has 2 rings (SSSR count). The molecule has 0 amide bonds. The summed E-state index contributed by atoms with van der Waals surface area (Å²) in [6, 6.07) is 9.83. The summed E-state index contributed by atoms with van der Waals surface area (Å²) in [5.41, 5.74) is 0. The Morgan fingerprint density at radius 2 is 2.17 bits per heavy atom. The third-order valence-electron chi connectivity index (χ3n) is 3.87. The van der Waals surface area contributed by atoms with Crippen LogP contribution in [0.1, 0.15) is 12.8 Å². The number of para-hydroxylation sites is 1. The van der Waals surface area contributed by atoms with Crippen LogP contribution in [0.3, 0.4) is 0 Å². The van der Waals surface area contributed by atoms with Gasteiger partial charge < -0.3 is 24.4 Å². The molecular weight excluding hydrogens is 306 g/mol. The fraction of sp³-hybridized carbons (Fsp3) is 0.611. The molecular formula is C18H29N3O3. The molecule has 0 bridgehead atoms. The molecule has 1 unspecified atom stereocenters. The number of benzene rings is 1. The van der Waals surface area contributed by atoms with Crippen molar-refractivity contribution in [2.75, 3.05) is 53.6 Å². The van der Waals surface area contributed by atoms with Crippen LogP contribution >= 0.6 is 0 Å². The van der Waals surface area contributed by atoms with Crippen molar-refractivity contribution in [2.24, 2.45) is 4.99 Å². The molecule has 24 heavy (non-hydrogen) atoms. The van der Waals surface area contributed by atoms with Gasteiger partial charge in [-0.3, -0.25) is 4.99 Å². The SMILES string of the molecule is CN=C(NCCOCC1CCCO1)N(C)CCOc1ccccc1. The van der Waals surface area contributed by atoms with E-state index in [-0.39, 0.29) is 6.10 Å². The van der Waals surface area contributed by atoms with E-state index in [4.69, 9.17) is 14.2 Å². The molecule has 1 fully saturated rings. The van der Waals surface area contributed by atoms with E-state index in [9.17, 15) is 0 Å². The van der Waals surface area contributed by atoms with Crippen molar-refractivity contribution in [3.8, 4) is 5.75 Å². The monoisotopic (exact) mass is 335 g/mol. The molecule has 0 spiro atoms. The predicted molar refractivity (Wildman–Crippen MR) is 95.7 cm³/mol. The average molecular weight is 335 g/mol. The molecule has 1 aromatic rings. The Kier molecular flexibility index (Phi) is 8.41. The van der Waals surface area contributed by atoms with Gasteiger partial charge in [-0.05, 0) is 25.0 Å². The normalized spacial score (nSPS) is 17.8. The van der Waals surface area contributed by atoms with Crippen LogP contribution in [0.25, 0.3) is 0 Å². The van der Waals surface area contributed by atoms with Gasteiger partial charge in [0.1, 0.15) is 12.4 Å². The van der Waals surface area contributed by atoms with Crippen molar-refractivity contribution in [1.29, 1.82) is 0 Å². The van der Waals surface area contributed by atoms with Gasteiger partial charge >= 0.3 is 0 Å². The zero-order chi connectivity index (χ0) is 17.0. The molecule has 134 valence electrons. The molecule has 1 atom stereocenters. The van der Waals surface area contributed by atoms with Crippen LogP contribution in [0.5, 0.6) is 5.75 Å². The first-order valence-corrected chi connectivity index (χ1v) is 8.58. The third-order valence-corrected chi connectivity index (χ3v) is 3.87. The highest BCUT2D eigenvalue weighted by molar-refractivity contribution is 5.79. The minimum Gasteiger partial charge on any atom is -0.492 e. The van der Waals surface area contributed by atoms with E-state index >= 15 is 0 Å². The van der Waals surface area contributed by atoms with Gasteiger partial charge in [0.25, 0.3) is 0 Å². The Balaban J connectivity index is 1.56. The molecule has 1 aliphatic heterocycles. The molecule has 1 aromatic carbocycles. The second-order valence-corrected chi connectivity index (χ2v) is 5.77. The average Bonchev–Trinajstić information content (AvgIpc) is 3.12. The fourth-order valence-corrected chi connectivity index (χ4v) is 2.53. The number of aliphatic imine (C=N–C) groups is 1. The first kappa shape index (κ1) is 18.5. The van der Waals surface area contributed by atoms with Crippen molar-refractivity contribution in [2.45, 2.75) is 18.9 Å². The van der Waals surface area contributed by atoms with Crippen LogP contribution in [0, 0.1) is 0 Å². The Morgan fingerprint density at radius 3 is 2.88 bits per heavy atom. The van der Waals surface area contributed by atoms with Gasteiger partial charge in [0.05, 0.1) is 25.9 Å². The van der Waals surface area contributed by atoms with E-state index in [1.807, 2.05) is 42.3 Å². The first-order chi connectivity index (χ1) is 11.8. The second kappa shape index (κ2) is 10.9. The number of nitrogens with one attached hydrogen (secondary N) is 1. The summed E-state index contributed by atoms with van der Waals surface area (Å²) in [6.45, 7) is 4.29. The predicted octanol–water partition coefficient (Wildman–Crippen LogP) is 1.77. The van der Waals surface area contributed by atoms with Crippen molar-refractivity contribution >= 4 is 5.96 Å². The van der Waals surface area contributed by atoms with E-state index in [1.165, 1.54) is 0 Å². The summed E-state index contributed by atoms with van der Waals surface area (Å²) >= 11 is 0. The van der Waals surface area contributed by atoms with Crippen molar-refractivity contribution < 1.29 is 14.2 Å². The molecule has 1 heterocycles. The standard InChI is InChI=1S/C18H29N3O3/c1-19-18(20-10-13-22-15-17-9-6-12-23-17)21(2)11-14-24-16-7-4-3-5-8-16/h3-5,7-8,17H,6,9-15H2,1-2H3,(H,19,20). The molecule has 0 aliphatic carbocycles. The number of nitrogens with zero attached hydrogens (tertiary/aromatic N) is 2. The van der Waals surface area contributed by atoms with Crippen LogP contribution in [0.2, 0.25) is 0 Å². The second-order valence-electron chi connectivity index (χ2n) is 5.77. The van der Waals surface area contributed by atoms with Gasteiger partial charge in [-0.25, -0.2) is 0 Å². The quantitative estimate of drug-likeness (QED) is 0.423. The number of guanidine groups is 1. The van der Waals surface area contributed by atoms with Crippen LogP contribution in [-0.4, -0.2) is 70.6 Å². The highest BCUT2D eigenvalue weighted by Crippen LogP contribution is 2.11. The van der Waals surface area contributed by atoms with E-state index in [0.717, 1.165) is 44.2 Å². The molecule has 1 saturated heterocycles. The van der Waals surface area contributed by atoms with E-state index in [1.54, 1.807) is 7.05 Å². The highest BCUT2D eigenvalue weighted by Gasteiger charge is 2.15. The minimum absolute atomic E-state index is 0.280. The van der Waals surface area contributed by atoms with Gasteiger partial charge in [-0.2, -0.15) is 0 Å². The van der Waals surface area contributed by atoms with Gasteiger partial charge in [0.2, 0.25) is 0 Å². The fourth-order valence-electron chi connectivity index (χ4n) is 2.53. The summed E-state index contributed by atoms with van der Waals surface area (Å²) in [4.78, 5) is 6.33. The summed E-state index contributed by atoms with van der Waals surface area (Å²) in [7, 11) is 3.78. The number of rotatable bonds is 9. The van der Waals surface area contributed by atoms with Gasteiger partial charge in [0, 0.05) is 27.2 Å². The number of hydrogen-bond acceptors (Lipinski definition) is 4. The van der Waals surface area contributed by atoms with Crippen molar-refractivity contribution in [3.63, 3.8) is 0 Å². The molecule has 0 radical (unpaired) electrons. The zero-order valence-corrected chi connectivity index (χ0v) is 14.7. The largest absolute Gasteiger partial charge is 0.492 e. The smallest absolute Gasteiger partial charge is 0.193 e. The lowest BCUT2D eigenvalue weighted by Crippen LogP contribution is -2.42. The van der Waals surface area contributed by atoms with Crippen LogP contribution in [-0.2, 0) is 9.47 Å². The summed E-state index contributed by atoms with van der Waals surface area (Å²) in [6.07, 6.45) is 2.54. The maximum absolute atomic E-state index is 5.71. The first-order valence-electron chi connectivity index (χ1n) is 8.58. The lowest BCUT2D eigenvalue weighted by Gasteiger charge is -2.22. The van der Waals surface area contributed by atoms with E-state index in [2.05, 4.69) is 10.3 Å². The third kappa shape index (κ3) is 6.76. The maximum Gasteiger partial charge on any atom is 0.193 e. The number of ether oxygens (including phenoxy) is 3. The molecule has 0 aromatic heterocycles. The Hall–Kier alpha value is -1.79. The molecule has 6 nitrogen and oxygen atoms in total. The Morgan fingerprint density at radius 1 is 1.33 bits per heavy atom. The summed E-state index contributed by atoms with van der Waals surface area (Å²) < 4.78 is 16.9. The molecule has 0 saturated carbocycles. The summed E-state index contributed by atoms with van der Waals surface area (Å²) in [5.74, 6) is 1.73. The zero-order valence-electron chi connectivity index (χ0n) is 14.7. The van der Waals surface area contributed by atoms with Crippen LogP contribution < -0.4 is 10.1 Å². The van der Waals surface area contributed by atoms with Gasteiger partial charge in [0.15, 0.2) is 5.96 Å². The lowest BCUT2D eigenvalue weighted by atomic mass is 10.2. The van der Waals surface area contributed by atoms with Crippen LogP contribution in [0.4, 0.5) is 0 Å². The number of hydrogen-bond donors (Lipinski definition) is 1. The molecule has 1 N–H and O–H groups in total. The Labute approximate surface area is 144 Å². The highest BCUT2D eigenvalue weighted by atomic mass is 16.5. The lowest BCUT2D eigenvalue weighted by molar-refractivity contribution is 0.0190. The molecule has 6 heteroatoms. The van der Waals surface area contributed by atoms with Crippen molar-refractivity contribution in [3.05, 3.63) is 30.3 Å². The Bertz CT molecular complexity index is 476. The van der Waals surface area contributed by atoms with Crippen LogP contribution in [0.15, 0.2) is 35.3 Å². The van der Waals surface area contributed by atoms with Gasteiger partial charge in [-0.15, -0.1) is 0 Å². The topological polar surface area (TPSA) is 55.3 Å².